The second-order valence-electron chi connectivity index (χ2n) is 15.5. The summed E-state index contributed by atoms with van der Waals surface area (Å²) in [7, 11) is 0. The van der Waals surface area contributed by atoms with E-state index in [0.29, 0.717) is 26.4 Å². The van der Waals surface area contributed by atoms with Gasteiger partial charge in [0.05, 0.1) is 65.6 Å². The molecule has 0 radical (unpaired) electrons. The molecule has 3 aliphatic rings. The number of carbonyl (C=O) groups is 1. The van der Waals surface area contributed by atoms with E-state index in [1.165, 1.54) is 0 Å². The lowest BCUT2D eigenvalue weighted by atomic mass is 9.90. The summed E-state index contributed by atoms with van der Waals surface area (Å²) in [5.74, 6) is -2.45. The molecule has 0 aliphatic carbocycles. The van der Waals surface area contributed by atoms with E-state index >= 15 is 0 Å². The molecule has 3 saturated heterocycles. The van der Waals surface area contributed by atoms with Crippen molar-refractivity contribution in [3.63, 3.8) is 0 Å². The molecular weight excluding hydrogens is 749 g/mol. The monoisotopic (exact) mass is 802 g/mol. The van der Waals surface area contributed by atoms with Crippen LogP contribution in [0.2, 0.25) is 0 Å². The van der Waals surface area contributed by atoms with Crippen molar-refractivity contribution in [1.82, 2.24) is 0 Å². The van der Waals surface area contributed by atoms with Crippen LogP contribution < -0.4 is 0 Å². The molecule has 59 heavy (non-hydrogen) atoms. The van der Waals surface area contributed by atoms with Gasteiger partial charge >= 0.3 is 5.97 Å². The third-order valence-corrected chi connectivity index (χ3v) is 10.5. The lowest BCUT2D eigenvalue weighted by molar-refractivity contribution is -0.440. The van der Waals surface area contributed by atoms with Gasteiger partial charge in [0, 0.05) is 11.8 Å². The van der Waals surface area contributed by atoms with Crippen LogP contribution in [0.3, 0.4) is 0 Å². The van der Waals surface area contributed by atoms with Crippen LogP contribution in [0.5, 0.6) is 0 Å². The Morgan fingerprint density at radius 2 is 0.881 bits per heavy atom. The summed E-state index contributed by atoms with van der Waals surface area (Å²) < 4.78 is 51.4. The van der Waals surface area contributed by atoms with Gasteiger partial charge in [0.25, 0.3) is 0 Å². The minimum Gasteiger partial charge on any atom is -0.390 e. The fourth-order valence-corrected chi connectivity index (χ4v) is 7.13. The second kappa shape index (κ2) is 21.1. The highest BCUT2D eigenvalue weighted by atomic mass is 16.9. The van der Waals surface area contributed by atoms with Crippen molar-refractivity contribution in [2.45, 2.75) is 82.9 Å². The Morgan fingerprint density at radius 1 is 0.525 bits per heavy atom. The SMILES string of the molecule is CC12COC(C(=O)C[C@@H](O)[C@@H](OCc3ccccc3)[C@@H](OCc3ccccc3)[C@H](OCc3ccccc3)[C@@H](COCc3ccccc3)OCc3ccccc3)(OC1)OC2. The number of carbonyl (C=O) groups excluding carboxylic acids is 1. The molecule has 0 spiro atoms. The van der Waals surface area contributed by atoms with Crippen molar-refractivity contribution in [1.29, 1.82) is 0 Å². The Labute approximate surface area is 346 Å². The van der Waals surface area contributed by atoms with Crippen molar-refractivity contribution in [3.05, 3.63) is 179 Å². The first-order valence-electron chi connectivity index (χ1n) is 20.3. The number of hydrogen-bond donors (Lipinski definition) is 1. The van der Waals surface area contributed by atoms with Gasteiger partial charge in [-0.1, -0.05) is 159 Å². The molecule has 10 nitrogen and oxygen atoms in total. The Kier molecular flexibility index (Phi) is 15.2. The van der Waals surface area contributed by atoms with Gasteiger partial charge in [0.2, 0.25) is 5.78 Å². The molecule has 3 fully saturated rings. The van der Waals surface area contributed by atoms with E-state index in [4.69, 9.17) is 37.9 Å². The number of rotatable bonds is 23. The van der Waals surface area contributed by atoms with Crippen LogP contribution >= 0.6 is 0 Å². The maximum atomic E-state index is 14.1. The van der Waals surface area contributed by atoms with Crippen LogP contribution in [0.25, 0.3) is 0 Å². The third-order valence-electron chi connectivity index (χ3n) is 10.5. The molecule has 310 valence electrons. The molecule has 0 saturated carbocycles. The Bertz CT molecular complexity index is 1940. The van der Waals surface area contributed by atoms with Crippen molar-refractivity contribution in [2.75, 3.05) is 26.4 Å². The van der Waals surface area contributed by atoms with E-state index in [1.807, 2.05) is 159 Å². The summed E-state index contributed by atoms with van der Waals surface area (Å²) in [4.78, 5) is 14.1. The highest BCUT2D eigenvalue weighted by Gasteiger charge is 2.56. The molecule has 5 aromatic rings. The summed E-state index contributed by atoms with van der Waals surface area (Å²) in [6.45, 7) is 4.02. The molecule has 0 unspecified atom stereocenters. The first-order chi connectivity index (χ1) is 28.9. The van der Waals surface area contributed by atoms with Crippen molar-refractivity contribution in [2.24, 2.45) is 5.41 Å². The molecule has 10 heteroatoms. The molecule has 8 rings (SSSR count). The molecule has 0 aromatic heterocycles. The van der Waals surface area contributed by atoms with Crippen LogP contribution in [0.4, 0.5) is 0 Å². The van der Waals surface area contributed by atoms with Gasteiger partial charge in [-0.15, -0.1) is 0 Å². The van der Waals surface area contributed by atoms with Gasteiger partial charge in [-0.05, 0) is 27.8 Å². The number of fused-ring (bicyclic) bond motifs is 3. The van der Waals surface area contributed by atoms with Crippen molar-refractivity contribution in [3.8, 4) is 0 Å². The zero-order valence-corrected chi connectivity index (χ0v) is 33.5. The van der Waals surface area contributed by atoms with Crippen LogP contribution in [-0.4, -0.2) is 73.8 Å². The number of aliphatic hydroxyl groups excluding tert-OH is 1. The van der Waals surface area contributed by atoms with Crippen LogP contribution in [0.1, 0.15) is 41.2 Å². The maximum Gasteiger partial charge on any atom is 0.346 e. The average molecular weight is 803 g/mol. The van der Waals surface area contributed by atoms with Crippen LogP contribution in [0, 0.1) is 5.41 Å². The summed E-state index contributed by atoms with van der Waals surface area (Å²) in [6.07, 6.45) is -5.60. The van der Waals surface area contributed by atoms with Gasteiger partial charge in [-0.2, -0.15) is 0 Å². The topological polar surface area (TPSA) is 111 Å². The number of benzene rings is 5. The van der Waals surface area contributed by atoms with Crippen molar-refractivity contribution < 1.29 is 47.8 Å². The van der Waals surface area contributed by atoms with Gasteiger partial charge in [0.1, 0.15) is 24.4 Å². The predicted molar refractivity (Wildman–Crippen MR) is 220 cm³/mol. The zero-order valence-electron chi connectivity index (χ0n) is 33.5. The number of ether oxygens (including phenoxy) is 8. The highest BCUT2D eigenvalue weighted by Crippen LogP contribution is 2.39. The first kappa shape index (κ1) is 42.5. The maximum absolute atomic E-state index is 14.1. The van der Waals surface area contributed by atoms with E-state index in [-0.39, 0.29) is 38.4 Å². The Balaban J connectivity index is 1.25. The molecule has 0 amide bonds. The van der Waals surface area contributed by atoms with E-state index in [1.54, 1.807) is 0 Å². The average Bonchev–Trinajstić information content (AvgIpc) is 3.29. The highest BCUT2D eigenvalue weighted by molar-refractivity contribution is 5.85. The molecule has 3 aliphatic heterocycles. The summed E-state index contributed by atoms with van der Waals surface area (Å²) >= 11 is 0. The Morgan fingerprint density at radius 3 is 1.31 bits per heavy atom. The summed E-state index contributed by atoms with van der Waals surface area (Å²) in [5, 5.41) is 12.4. The van der Waals surface area contributed by atoms with Crippen molar-refractivity contribution >= 4 is 5.78 Å². The standard InChI is InChI=1S/C49H54O10/c1-48-34-57-49(58-35-48,59-36-48)44(51)27-42(50)45(54-30-39-21-11-4-12-22-39)47(56-32-41-25-15-6-16-26-41)46(55-31-40-23-13-5-14-24-40)43(53-29-38-19-9-3-10-20-38)33-52-28-37-17-7-2-8-18-37/h2-26,42-43,45-47,50H,27-36H2,1H3/t42-,43-,45-,46-,47-,48?,49?/m1/s1. The van der Waals surface area contributed by atoms with Gasteiger partial charge in [0.15, 0.2) is 0 Å². The minimum atomic E-state index is -1.90. The second-order valence-corrected chi connectivity index (χ2v) is 15.5. The fourth-order valence-electron chi connectivity index (χ4n) is 7.13. The normalized spacial score (nSPS) is 21.3. The van der Waals surface area contributed by atoms with Gasteiger partial charge < -0.3 is 43.0 Å². The molecule has 5 atom stereocenters. The van der Waals surface area contributed by atoms with Gasteiger partial charge in [-0.25, -0.2) is 0 Å². The number of aliphatic hydroxyl groups is 1. The molecule has 5 aromatic carbocycles. The zero-order chi connectivity index (χ0) is 40.8. The summed E-state index contributed by atoms with van der Waals surface area (Å²) in [6, 6.07) is 49.0. The third kappa shape index (κ3) is 12.0. The van der Waals surface area contributed by atoms with E-state index in [0.717, 1.165) is 27.8 Å². The van der Waals surface area contributed by atoms with Crippen LogP contribution in [-0.2, 0) is 75.7 Å². The lowest BCUT2D eigenvalue weighted by Gasteiger charge is -2.49. The molecular formula is C49H54O10. The molecule has 1 N–H and O–H groups in total. The number of ketones is 1. The lowest BCUT2D eigenvalue weighted by Crippen LogP contribution is -2.63. The minimum absolute atomic E-state index is 0.112. The smallest absolute Gasteiger partial charge is 0.346 e. The Hall–Kier alpha value is -4.59. The molecule has 2 bridgehead atoms. The van der Waals surface area contributed by atoms with E-state index in [2.05, 4.69) is 0 Å². The fraction of sp³-hybridized carbons (Fsp3) is 0.367. The van der Waals surface area contributed by atoms with E-state index in [9.17, 15) is 9.90 Å². The van der Waals surface area contributed by atoms with Crippen LogP contribution in [0.15, 0.2) is 152 Å². The van der Waals surface area contributed by atoms with Gasteiger partial charge in [-0.3, -0.25) is 4.79 Å². The largest absolute Gasteiger partial charge is 0.390 e. The first-order valence-corrected chi connectivity index (χ1v) is 20.3. The summed E-state index contributed by atoms with van der Waals surface area (Å²) in [5.41, 5.74) is 4.31. The quantitative estimate of drug-likeness (QED) is 0.0709. The van der Waals surface area contributed by atoms with E-state index < -0.39 is 48.7 Å². The number of hydrogen-bond acceptors (Lipinski definition) is 10. The predicted octanol–water partition coefficient (Wildman–Crippen LogP) is 7.60. The number of Topliss-reactive ketones (excluding diaryl/α,β-unsaturated/α-hetero) is 1. The molecule has 3 heterocycles.